The summed E-state index contributed by atoms with van der Waals surface area (Å²) in [6.07, 6.45) is -4.35. The smallest absolute Gasteiger partial charge is 0.329 e. The second-order valence-corrected chi connectivity index (χ2v) is 5.04. The number of amides is 1. The number of thiophene rings is 1. The van der Waals surface area contributed by atoms with Gasteiger partial charge in [-0.15, -0.1) is 11.3 Å². The summed E-state index contributed by atoms with van der Waals surface area (Å²) >= 11 is 1.23. The van der Waals surface area contributed by atoms with Gasteiger partial charge in [-0.3, -0.25) is 4.79 Å². The van der Waals surface area contributed by atoms with Crippen LogP contribution in [-0.4, -0.2) is 30.1 Å². The van der Waals surface area contributed by atoms with Crippen LogP contribution in [0.1, 0.15) is 27.0 Å². The molecule has 1 amide bonds. The van der Waals surface area contributed by atoms with Crippen LogP contribution < -0.4 is 0 Å². The average Bonchev–Trinajstić information content (AvgIpc) is 2.53. The Balaban J connectivity index is 2.86. The van der Waals surface area contributed by atoms with Crippen molar-refractivity contribution in [3.63, 3.8) is 0 Å². The summed E-state index contributed by atoms with van der Waals surface area (Å²) in [7, 11) is 0. The van der Waals surface area contributed by atoms with Gasteiger partial charge in [-0.05, 0) is 32.4 Å². The maximum absolute atomic E-state index is 12.3. The number of rotatable bonds is 3. The third-order valence-electron chi connectivity index (χ3n) is 2.42. The minimum Gasteiger partial charge on any atom is -0.329 e. The number of halogens is 3. The van der Waals surface area contributed by atoms with Gasteiger partial charge in [0.25, 0.3) is 5.91 Å². The molecule has 0 saturated carbocycles. The summed E-state index contributed by atoms with van der Waals surface area (Å²) in [5.74, 6) is -0.550. The van der Waals surface area contributed by atoms with Crippen LogP contribution in [-0.2, 0) is 0 Å². The Morgan fingerprint density at radius 2 is 2.00 bits per heavy atom. The molecule has 0 bridgehead atoms. The van der Waals surface area contributed by atoms with E-state index in [4.69, 9.17) is 0 Å². The van der Waals surface area contributed by atoms with Gasteiger partial charge in [-0.1, -0.05) is 0 Å². The molecular formula is C11H14F3NOS. The van der Waals surface area contributed by atoms with E-state index in [1.54, 1.807) is 6.07 Å². The predicted octanol–water partition coefficient (Wildman–Crippen LogP) is 3.39. The molecule has 1 aromatic rings. The molecule has 1 heterocycles. The van der Waals surface area contributed by atoms with Crippen LogP contribution in [0, 0.1) is 13.8 Å². The van der Waals surface area contributed by atoms with Crippen molar-refractivity contribution in [3.05, 3.63) is 21.4 Å². The Morgan fingerprint density at radius 3 is 2.35 bits per heavy atom. The van der Waals surface area contributed by atoms with E-state index in [0.717, 1.165) is 15.3 Å². The highest BCUT2D eigenvalue weighted by Crippen LogP contribution is 2.24. The highest BCUT2D eigenvalue weighted by molar-refractivity contribution is 7.14. The van der Waals surface area contributed by atoms with Gasteiger partial charge in [0.2, 0.25) is 0 Å². The van der Waals surface area contributed by atoms with Gasteiger partial charge in [-0.25, -0.2) is 0 Å². The van der Waals surface area contributed by atoms with Crippen LogP contribution in [0.5, 0.6) is 0 Å². The quantitative estimate of drug-likeness (QED) is 0.820. The van der Waals surface area contributed by atoms with Gasteiger partial charge in [0.05, 0.1) is 4.88 Å². The molecule has 1 aromatic heterocycles. The first-order valence-corrected chi connectivity index (χ1v) is 5.99. The van der Waals surface area contributed by atoms with Crippen molar-refractivity contribution in [2.24, 2.45) is 0 Å². The second kappa shape index (κ2) is 5.08. The van der Waals surface area contributed by atoms with Gasteiger partial charge in [0.15, 0.2) is 0 Å². The van der Waals surface area contributed by atoms with Crippen molar-refractivity contribution >= 4 is 17.2 Å². The molecule has 0 fully saturated rings. The molecule has 2 nitrogen and oxygen atoms in total. The summed E-state index contributed by atoms with van der Waals surface area (Å²) in [5, 5.41) is 0. The lowest BCUT2D eigenvalue weighted by Gasteiger charge is -2.21. The lowest BCUT2D eigenvalue weighted by molar-refractivity contribution is -0.140. The SMILES string of the molecule is CCN(CC(F)(F)F)C(=O)c1cc(C)c(C)s1. The molecule has 0 aromatic carbocycles. The van der Waals surface area contributed by atoms with E-state index in [1.165, 1.54) is 18.3 Å². The van der Waals surface area contributed by atoms with E-state index in [2.05, 4.69) is 0 Å². The fraction of sp³-hybridized carbons (Fsp3) is 0.545. The van der Waals surface area contributed by atoms with Crippen molar-refractivity contribution < 1.29 is 18.0 Å². The first-order valence-electron chi connectivity index (χ1n) is 5.17. The molecule has 1 rings (SSSR count). The van der Waals surface area contributed by atoms with Crippen LogP contribution in [0.2, 0.25) is 0 Å². The highest BCUT2D eigenvalue weighted by atomic mass is 32.1. The third kappa shape index (κ3) is 3.73. The molecule has 0 radical (unpaired) electrons. The second-order valence-electron chi connectivity index (χ2n) is 3.78. The topological polar surface area (TPSA) is 20.3 Å². The molecule has 0 saturated heterocycles. The molecule has 0 N–H and O–H groups in total. The van der Waals surface area contributed by atoms with Crippen LogP contribution in [0.4, 0.5) is 13.2 Å². The van der Waals surface area contributed by atoms with Crippen molar-refractivity contribution in [2.75, 3.05) is 13.1 Å². The molecular weight excluding hydrogens is 251 g/mol. The van der Waals surface area contributed by atoms with Crippen LogP contribution in [0.3, 0.4) is 0 Å². The Labute approximate surface area is 102 Å². The standard InChI is InChI=1S/C11H14F3NOS/c1-4-15(6-11(12,13)14)10(16)9-5-7(2)8(3)17-9/h5H,4,6H2,1-3H3. The van der Waals surface area contributed by atoms with Crippen molar-refractivity contribution in [2.45, 2.75) is 26.9 Å². The first-order chi connectivity index (χ1) is 7.74. The number of carbonyl (C=O) groups is 1. The zero-order chi connectivity index (χ0) is 13.2. The van der Waals surface area contributed by atoms with Crippen molar-refractivity contribution in [3.8, 4) is 0 Å². The Morgan fingerprint density at radius 1 is 1.41 bits per heavy atom. The zero-order valence-corrected chi connectivity index (χ0v) is 10.7. The fourth-order valence-electron chi connectivity index (χ4n) is 1.38. The Hall–Kier alpha value is -1.04. The predicted molar refractivity (Wildman–Crippen MR) is 61.4 cm³/mol. The first kappa shape index (κ1) is 14.0. The molecule has 96 valence electrons. The lowest BCUT2D eigenvalue weighted by Crippen LogP contribution is -2.38. The van der Waals surface area contributed by atoms with E-state index in [9.17, 15) is 18.0 Å². The highest BCUT2D eigenvalue weighted by Gasteiger charge is 2.33. The molecule has 0 aliphatic carbocycles. The number of hydrogen-bond donors (Lipinski definition) is 0. The maximum Gasteiger partial charge on any atom is 0.406 e. The monoisotopic (exact) mass is 265 g/mol. The molecule has 0 atom stereocenters. The van der Waals surface area contributed by atoms with E-state index in [0.29, 0.717) is 4.88 Å². The van der Waals surface area contributed by atoms with E-state index in [-0.39, 0.29) is 6.54 Å². The van der Waals surface area contributed by atoms with E-state index >= 15 is 0 Å². The summed E-state index contributed by atoms with van der Waals surface area (Å²) in [5.41, 5.74) is 0.932. The zero-order valence-electron chi connectivity index (χ0n) is 9.89. The molecule has 0 aliphatic rings. The summed E-state index contributed by atoms with van der Waals surface area (Å²) in [6.45, 7) is 4.07. The summed E-state index contributed by atoms with van der Waals surface area (Å²) in [6, 6.07) is 1.64. The summed E-state index contributed by atoms with van der Waals surface area (Å²) in [4.78, 5) is 14.0. The molecule has 6 heteroatoms. The number of hydrogen-bond acceptors (Lipinski definition) is 2. The molecule has 0 aliphatic heterocycles. The van der Waals surface area contributed by atoms with E-state index < -0.39 is 18.6 Å². The average molecular weight is 265 g/mol. The van der Waals surface area contributed by atoms with Crippen molar-refractivity contribution in [1.29, 1.82) is 0 Å². The molecule has 0 spiro atoms. The van der Waals surface area contributed by atoms with E-state index in [1.807, 2.05) is 13.8 Å². The maximum atomic E-state index is 12.3. The van der Waals surface area contributed by atoms with Crippen LogP contribution in [0.25, 0.3) is 0 Å². The number of nitrogens with zero attached hydrogens (tertiary/aromatic N) is 1. The lowest BCUT2D eigenvalue weighted by atomic mass is 10.2. The Bertz CT molecular complexity index is 392. The third-order valence-corrected chi connectivity index (χ3v) is 3.56. The van der Waals surface area contributed by atoms with Crippen LogP contribution in [0.15, 0.2) is 6.07 Å². The van der Waals surface area contributed by atoms with Gasteiger partial charge in [-0.2, -0.15) is 13.2 Å². The largest absolute Gasteiger partial charge is 0.406 e. The van der Waals surface area contributed by atoms with Gasteiger partial charge >= 0.3 is 6.18 Å². The summed E-state index contributed by atoms with van der Waals surface area (Å²) < 4.78 is 36.8. The van der Waals surface area contributed by atoms with Gasteiger partial charge in [0.1, 0.15) is 6.54 Å². The fourth-order valence-corrected chi connectivity index (χ4v) is 2.38. The minimum atomic E-state index is -4.35. The van der Waals surface area contributed by atoms with Crippen molar-refractivity contribution in [1.82, 2.24) is 4.90 Å². The number of alkyl halides is 3. The number of carbonyl (C=O) groups excluding carboxylic acids is 1. The minimum absolute atomic E-state index is 0.0499. The Kier molecular flexibility index (Phi) is 4.19. The molecule has 0 unspecified atom stereocenters. The van der Waals surface area contributed by atoms with Gasteiger partial charge < -0.3 is 4.90 Å². The molecule has 17 heavy (non-hydrogen) atoms. The normalized spacial score (nSPS) is 11.6. The number of aryl methyl sites for hydroxylation is 2. The van der Waals surface area contributed by atoms with Gasteiger partial charge in [0, 0.05) is 11.4 Å². The van der Waals surface area contributed by atoms with Crippen LogP contribution >= 0.6 is 11.3 Å².